The Balaban J connectivity index is 2.61. The Hall–Kier alpha value is -1.28. The molecule has 0 radical (unpaired) electrons. The van der Waals surface area contributed by atoms with Crippen LogP contribution >= 0.6 is 0 Å². The molecular formula is C13H18O2. The first-order chi connectivity index (χ1) is 7.27. The molecule has 0 saturated carbocycles. The van der Waals surface area contributed by atoms with E-state index >= 15 is 0 Å². The number of benzene rings is 1. The highest BCUT2D eigenvalue weighted by atomic mass is 16.5. The maximum absolute atomic E-state index is 8.63. The molecule has 0 aromatic heterocycles. The molecule has 1 aromatic carbocycles. The first-order valence-electron chi connectivity index (χ1n) is 5.24. The summed E-state index contributed by atoms with van der Waals surface area (Å²) in [6, 6.07) is 7.98. The van der Waals surface area contributed by atoms with E-state index in [1.165, 1.54) is 5.56 Å². The van der Waals surface area contributed by atoms with Crippen molar-refractivity contribution in [3.63, 3.8) is 0 Å². The Morgan fingerprint density at radius 1 is 1.53 bits per heavy atom. The van der Waals surface area contributed by atoms with Gasteiger partial charge in [0, 0.05) is 13.0 Å². The molecular weight excluding hydrogens is 188 g/mol. The van der Waals surface area contributed by atoms with Gasteiger partial charge in [-0.3, -0.25) is 0 Å². The first kappa shape index (κ1) is 11.8. The molecule has 2 nitrogen and oxygen atoms in total. The lowest BCUT2D eigenvalue weighted by Gasteiger charge is -2.09. The summed E-state index contributed by atoms with van der Waals surface area (Å²) in [5.41, 5.74) is 1.20. The SMILES string of the molecule is C=CC(C)c1cccc(OCCCO)c1. The molecule has 82 valence electrons. The van der Waals surface area contributed by atoms with Crippen LogP contribution in [0.3, 0.4) is 0 Å². The van der Waals surface area contributed by atoms with Gasteiger partial charge in [-0.05, 0) is 23.6 Å². The third-order valence-corrected chi connectivity index (χ3v) is 2.31. The molecule has 0 heterocycles. The first-order valence-corrected chi connectivity index (χ1v) is 5.24. The monoisotopic (exact) mass is 206 g/mol. The van der Waals surface area contributed by atoms with Gasteiger partial charge in [-0.25, -0.2) is 0 Å². The van der Waals surface area contributed by atoms with E-state index in [0.717, 1.165) is 5.75 Å². The lowest BCUT2D eigenvalue weighted by Crippen LogP contribution is -2.00. The lowest BCUT2D eigenvalue weighted by molar-refractivity contribution is 0.233. The second kappa shape index (κ2) is 6.25. The molecule has 1 atom stereocenters. The van der Waals surface area contributed by atoms with Crippen LogP contribution in [0.25, 0.3) is 0 Å². The molecule has 0 fully saturated rings. The van der Waals surface area contributed by atoms with E-state index in [0.29, 0.717) is 18.9 Å². The Morgan fingerprint density at radius 2 is 2.33 bits per heavy atom. The number of aliphatic hydroxyl groups excluding tert-OH is 1. The van der Waals surface area contributed by atoms with Crippen LogP contribution in [0, 0.1) is 0 Å². The second-order valence-electron chi connectivity index (χ2n) is 3.52. The molecule has 1 N–H and O–H groups in total. The number of aliphatic hydroxyl groups is 1. The fourth-order valence-electron chi connectivity index (χ4n) is 1.28. The minimum absolute atomic E-state index is 0.169. The Morgan fingerprint density at radius 3 is 3.00 bits per heavy atom. The summed E-state index contributed by atoms with van der Waals surface area (Å²) in [7, 11) is 0. The Kier molecular flexibility index (Phi) is 4.91. The zero-order valence-corrected chi connectivity index (χ0v) is 9.15. The van der Waals surface area contributed by atoms with Gasteiger partial charge in [0.1, 0.15) is 5.75 Å². The second-order valence-corrected chi connectivity index (χ2v) is 3.52. The van der Waals surface area contributed by atoms with E-state index in [-0.39, 0.29) is 6.61 Å². The molecule has 0 aliphatic heterocycles. The predicted octanol–water partition coefficient (Wildman–Crippen LogP) is 2.74. The number of hydrogen-bond donors (Lipinski definition) is 1. The summed E-state index contributed by atoms with van der Waals surface area (Å²) in [5.74, 6) is 1.20. The summed E-state index contributed by atoms with van der Waals surface area (Å²) in [6.45, 7) is 6.59. The van der Waals surface area contributed by atoms with E-state index in [1.807, 2.05) is 24.3 Å². The Bertz CT molecular complexity index is 307. The normalized spacial score (nSPS) is 12.1. The molecule has 0 saturated heterocycles. The van der Waals surface area contributed by atoms with Crippen LogP contribution < -0.4 is 4.74 Å². The summed E-state index contributed by atoms with van der Waals surface area (Å²) in [4.78, 5) is 0. The van der Waals surface area contributed by atoms with Crippen LogP contribution in [0.1, 0.15) is 24.8 Å². The number of hydrogen-bond acceptors (Lipinski definition) is 2. The van der Waals surface area contributed by atoms with E-state index in [1.54, 1.807) is 0 Å². The fraction of sp³-hybridized carbons (Fsp3) is 0.385. The average molecular weight is 206 g/mol. The maximum Gasteiger partial charge on any atom is 0.119 e. The molecule has 2 heteroatoms. The summed E-state index contributed by atoms with van der Waals surface area (Å²) in [5, 5.41) is 8.63. The van der Waals surface area contributed by atoms with Crippen LogP contribution in [0.4, 0.5) is 0 Å². The van der Waals surface area contributed by atoms with Crippen LogP contribution in [0.5, 0.6) is 5.75 Å². The van der Waals surface area contributed by atoms with Crippen molar-refractivity contribution in [2.24, 2.45) is 0 Å². The standard InChI is InChI=1S/C13H18O2/c1-3-11(2)12-6-4-7-13(10-12)15-9-5-8-14/h3-4,6-7,10-11,14H,1,5,8-9H2,2H3. The molecule has 1 aromatic rings. The maximum atomic E-state index is 8.63. The zero-order valence-electron chi connectivity index (χ0n) is 9.15. The highest BCUT2D eigenvalue weighted by Crippen LogP contribution is 2.21. The van der Waals surface area contributed by atoms with Gasteiger partial charge in [-0.15, -0.1) is 6.58 Å². The highest BCUT2D eigenvalue weighted by Gasteiger charge is 2.01. The number of ether oxygens (including phenoxy) is 1. The van der Waals surface area contributed by atoms with Crippen molar-refractivity contribution in [1.82, 2.24) is 0 Å². The van der Waals surface area contributed by atoms with E-state index in [2.05, 4.69) is 19.6 Å². The molecule has 0 aliphatic rings. The van der Waals surface area contributed by atoms with E-state index < -0.39 is 0 Å². The number of rotatable bonds is 6. The van der Waals surface area contributed by atoms with Crippen molar-refractivity contribution in [3.05, 3.63) is 42.5 Å². The fourth-order valence-corrected chi connectivity index (χ4v) is 1.28. The molecule has 0 amide bonds. The van der Waals surface area contributed by atoms with Gasteiger partial charge < -0.3 is 9.84 Å². The molecule has 15 heavy (non-hydrogen) atoms. The van der Waals surface area contributed by atoms with E-state index in [4.69, 9.17) is 9.84 Å². The largest absolute Gasteiger partial charge is 0.493 e. The molecule has 0 aliphatic carbocycles. The van der Waals surface area contributed by atoms with Gasteiger partial charge in [0.2, 0.25) is 0 Å². The van der Waals surface area contributed by atoms with Gasteiger partial charge in [0.15, 0.2) is 0 Å². The average Bonchev–Trinajstić information content (AvgIpc) is 2.29. The van der Waals surface area contributed by atoms with Crippen LogP contribution in [-0.2, 0) is 0 Å². The van der Waals surface area contributed by atoms with Gasteiger partial charge in [0.05, 0.1) is 6.61 Å². The van der Waals surface area contributed by atoms with Crippen molar-refractivity contribution >= 4 is 0 Å². The molecule has 0 bridgehead atoms. The Labute approximate surface area is 91.2 Å². The van der Waals surface area contributed by atoms with Gasteiger partial charge in [-0.1, -0.05) is 25.1 Å². The number of allylic oxidation sites excluding steroid dienone is 1. The summed E-state index contributed by atoms with van der Waals surface area (Å²) < 4.78 is 5.49. The predicted molar refractivity (Wildman–Crippen MR) is 62.3 cm³/mol. The van der Waals surface area contributed by atoms with E-state index in [9.17, 15) is 0 Å². The summed E-state index contributed by atoms with van der Waals surface area (Å²) >= 11 is 0. The summed E-state index contributed by atoms with van der Waals surface area (Å²) in [6.07, 6.45) is 2.58. The van der Waals surface area contributed by atoms with Gasteiger partial charge in [-0.2, -0.15) is 0 Å². The third-order valence-electron chi connectivity index (χ3n) is 2.31. The van der Waals surface area contributed by atoms with Gasteiger partial charge in [0.25, 0.3) is 0 Å². The molecule has 1 rings (SSSR count). The molecule has 0 spiro atoms. The van der Waals surface area contributed by atoms with Crippen molar-refractivity contribution in [1.29, 1.82) is 0 Å². The van der Waals surface area contributed by atoms with Crippen molar-refractivity contribution in [2.45, 2.75) is 19.3 Å². The smallest absolute Gasteiger partial charge is 0.119 e. The minimum atomic E-state index is 0.169. The zero-order chi connectivity index (χ0) is 11.1. The third kappa shape index (κ3) is 3.76. The van der Waals surface area contributed by atoms with Crippen LogP contribution in [0.15, 0.2) is 36.9 Å². The topological polar surface area (TPSA) is 29.5 Å². The van der Waals surface area contributed by atoms with Gasteiger partial charge >= 0.3 is 0 Å². The highest BCUT2D eigenvalue weighted by molar-refractivity contribution is 5.32. The molecule has 1 unspecified atom stereocenters. The lowest BCUT2D eigenvalue weighted by atomic mass is 10.0. The van der Waals surface area contributed by atoms with Crippen molar-refractivity contribution < 1.29 is 9.84 Å². The minimum Gasteiger partial charge on any atom is -0.493 e. The van der Waals surface area contributed by atoms with Crippen LogP contribution in [-0.4, -0.2) is 18.3 Å². The van der Waals surface area contributed by atoms with Crippen molar-refractivity contribution in [2.75, 3.05) is 13.2 Å². The van der Waals surface area contributed by atoms with Crippen molar-refractivity contribution in [3.8, 4) is 5.75 Å². The van der Waals surface area contributed by atoms with Crippen LogP contribution in [0.2, 0.25) is 0 Å². The quantitative estimate of drug-likeness (QED) is 0.573.